The summed E-state index contributed by atoms with van der Waals surface area (Å²) in [4.78, 5) is 0. The number of ether oxygens (including phenoxy) is 1. The van der Waals surface area contributed by atoms with Crippen LogP contribution in [0.3, 0.4) is 0 Å². The second-order valence-electron chi connectivity index (χ2n) is 4.23. The van der Waals surface area contributed by atoms with Crippen molar-refractivity contribution >= 4 is 5.65 Å². The summed E-state index contributed by atoms with van der Waals surface area (Å²) in [5, 5.41) is 17.8. The highest BCUT2D eigenvalue weighted by molar-refractivity contribution is 5.52. The van der Waals surface area contributed by atoms with E-state index in [0.717, 1.165) is 17.1 Å². The molecule has 5 heteroatoms. The Morgan fingerprint density at radius 3 is 2.95 bits per heavy atom. The quantitative estimate of drug-likeness (QED) is 0.778. The number of benzene rings is 1. The second-order valence-corrected chi connectivity index (χ2v) is 4.23. The zero-order valence-corrected chi connectivity index (χ0v) is 10.4. The molecule has 1 aromatic carbocycles. The first kappa shape index (κ1) is 11.5. The Kier molecular flexibility index (Phi) is 2.79. The Morgan fingerprint density at radius 2 is 2.11 bits per heavy atom. The third-order valence-electron chi connectivity index (χ3n) is 2.98. The Morgan fingerprint density at radius 1 is 1.21 bits per heavy atom. The van der Waals surface area contributed by atoms with Gasteiger partial charge >= 0.3 is 0 Å². The first-order chi connectivity index (χ1) is 9.28. The third kappa shape index (κ3) is 2.10. The van der Waals surface area contributed by atoms with E-state index in [1.807, 2.05) is 30.5 Å². The van der Waals surface area contributed by atoms with E-state index in [4.69, 9.17) is 4.74 Å². The summed E-state index contributed by atoms with van der Waals surface area (Å²) in [5.74, 6) is 1.72. The Bertz CT molecular complexity index is 722. The average Bonchev–Trinajstić information content (AvgIpc) is 2.84. The van der Waals surface area contributed by atoms with E-state index >= 15 is 0 Å². The number of pyridine rings is 1. The zero-order chi connectivity index (χ0) is 13.2. The number of methoxy groups -OCH3 is 1. The molecule has 0 saturated heterocycles. The fourth-order valence-corrected chi connectivity index (χ4v) is 2.04. The lowest BCUT2D eigenvalue weighted by molar-refractivity contribution is 0.414. The SMILES string of the molecule is COc1cccc(Cc2nnc3c(O)cccn23)c1. The molecular weight excluding hydrogens is 242 g/mol. The van der Waals surface area contributed by atoms with Gasteiger partial charge in [0.1, 0.15) is 11.6 Å². The van der Waals surface area contributed by atoms with Gasteiger partial charge in [-0.1, -0.05) is 12.1 Å². The van der Waals surface area contributed by atoms with Crippen LogP contribution in [0.1, 0.15) is 11.4 Å². The fraction of sp³-hybridized carbons (Fsp3) is 0.143. The minimum atomic E-state index is 0.131. The summed E-state index contributed by atoms with van der Waals surface area (Å²) in [5.41, 5.74) is 1.55. The maximum absolute atomic E-state index is 9.69. The molecular formula is C14H13N3O2. The van der Waals surface area contributed by atoms with E-state index < -0.39 is 0 Å². The molecule has 0 aliphatic heterocycles. The molecule has 0 spiro atoms. The number of fused-ring (bicyclic) bond motifs is 1. The van der Waals surface area contributed by atoms with Gasteiger partial charge in [0.25, 0.3) is 0 Å². The fourth-order valence-electron chi connectivity index (χ4n) is 2.04. The smallest absolute Gasteiger partial charge is 0.203 e. The highest BCUT2D eigenvalue weighted by Crippen LogP contribution is 2.19. The second kappa shape index (κ2) is 4.61. The Balaban J connectivity index is 1.99. The standard InChI is InChI=1S/C14H13N3O2/c1-19-11-5-2-4-10(8-11)9-13-15-16-14-12(18)6-3-7-17(13)14/h2-8,18H,9H2,1H3. The maximum atomic E-state index is 9.69. The van der Waals surface area contributed by atoms with Gasteiger partial charge in [0.15, 0.2) is 5.75 Å². The van der Waals surface area contributed by atoms with E-state index in [1.54, 1.807) is 23.6 Å². The van der Waals surface area contributed by atoms with Crippen molar-refractivity contribution in [1.82, 2.24) is 14.6 Å². The lowest BCUT2D eigenvalue weighted by Gasteiger charge is -2.04. The van der Waals surface area contributed by atoms with Crippen molar-refractivity contribution < 1.29 is 9.84 Å². The van der Waals surface area contributed by atoms with Gasteiger partial charge in [-0.2, -0.15) is 0 Å². The molecule has 96 valence electrons. The van der Waals surface area contributed by atoms with Crippen LogP contribution in [0.5, 0.6) is 11.5 Å². The molecule has 0 amide bonds. The van der Waals surface area contributed by atoms with E-state index in [2.05, 4.69) is 10.2 Å². The highest BCUT2D eigenvalue weighted by Gasteiger charge is 2.09. The Hall–Kier alpha value is -2.56. The monoisotopic (exact) mass is 255 g/mol. The number of hydrogen-bond donors (Lipinski definition) is 1. The van der Waals surface area contributed by atoms with E-state index in [-0.39, 0.29) is 5.75 Å². The zero-order valence-electron chi connectivity index (χ0n) is 10.4. The summed E-state index contributed by atoms with van der Waals surface area (Å²) in [6, 6.07) is 11.2. The van der Waals surface area contributed by atoms with Crippen LogP contribution in [0.2, 0.25) is 0 Å². The van der Waals surface area contributed by atoms with Crippen molar-refractivity contribution in [2.24, 2.45) is 0 Å². The number of aromatic nitrogens is 3. The topological polar surface area (TPSA) is 59.7 Å². The predicted molar refractivity (Wildman–Crippen MR) is 70.5 cm³/mol. The highest BCUT2D eigenvalue weighted by atomic mass is 16.5. The van der Waals surface area contributed by atoms with Gasteiger partial charge in [0.05, 0.1) is 7.11 Å². The summed E-state index contributed by atoms with van der Waals surface area (Å²) in [6.07, 6.45) is 2.46. The maximum Gasteiger partial charge on any atom is 0.203 e. The molecule has 0 atom stereocenters. The van der Waals surface area contributed by atoms with Crippen molar-refractivity contribution in [2.75, 3.05) is 7.11 Å². The number of rotatable bonds is 3. The van der Waals surface area contributed by atoms with Crippen LogP contribution < -0.4 is 4.74 Å². The summed E-state index contributed by atoms with van der Waals surface area (Å²) in [6.45, 7) is 0. The molecule has 0 fully saturated rings. The van der Waals surface area contributed by atoms with Gasteiger partial charge in [0.2, 0.25) is 5.65 Å². The largest absolute Gasteiger partial charge is 0.504 e. The summed E-state index contributed by atoms with van der Waals surface area (Å²) >= 11 is 0. The van der Waals surface area contributed by atoms with Crippen LogP contribution in [0.4, 0.5) is 0 Å². The van der Waals surface area contributed by atoms with Gasteiger partial charge in [0, 0.05) is 12.6 Å². The molecule has 0 unspecified atom stereocenters. The van der Waals surface area contributed by atoms with Gasteiger partial charge in [-0.3, -0.25) is 4.40 Å². The van der Waals surface area contributed by atoms with Crippen LogP contribution in [0.25, 0.3) is 5.65 Å². The normalized spacial score (nSPS) is 10.8. The molecule has 0 aliphatic rings. The first-order valence-electron chi connectivity index (χ1n) is 5.92. The van der Waals surface area contributed by atoms with Gasteiger partial charge in [-0.05, 0) is 29.8 Å². The van der Waals surface area contributed by atoms with Crippen molar-refractivity contribution in [2.45, 2.75) is 6.42 Å². The Labute approximate surface area is 110 Å². The third-order valence-corrected chi connectivity index (χ3v) is 2.98. The minimum Gasteiger partial charge on any atom is -0.504 e. The molecule has 19 heavy (non-hydrogen) atoms. The van der Waals surface area contributed by atoms with Gasteiger partial charge < -0.3 is 9.84 Å². The van der Waals surface area contributed by atoms with Crippen LogP contribution in [0.15, 0.2) is 42.6 Å². The molecule has 0 bridgehead atoms. The van der Waals surface area contributed by atoms with Gasteiger partial charge in [-0.15, -0.1) is 10.2 Å². The average molecular weight is 255 g/mol. The molecule has 2 heterocycles. The summed E-state index contributed by atoms with van der Waals surface area (Å²) < 4.78 is 6.98. The molecule has 3 rings (SSSR count). The van der Waals surface area contributed by atoms with Crippen molar-refractivity contribution in [3.05, 3.63) is 54.0 Å². The predicted octanol–water partition coefficient (Wildman–Crippen LogP) is 2.03. The van der Waals surface area contributed by atoms with E-state index in [9.17, 15) is 5.11 Å². The molecule has 0 saturated carbocycles. The van der Waals surface area contributed by atoms with Crippen molar-refractivity contribution in [3.8, 4) is 11.5 Å². The van der Waals surface area contributed by atoms with Crippen LogP contribution in [0, 0.1) is 0 Å². The van der Waals surface area contributed by atoms with E-state index in [1.165, 1.54) is 0 Å². The molecule has 5 nitrogen and oxygen atoms in total. The van der Waals surface area contributed by atoms with Crippen LogP contribution in [-0.4, -0.2) is 26.8 Å². The lowest BCUT2D eigenvalue weighted by atomic mass is 10.1. The molecule has 1 N–H and O–H groups in total. The number of aromatic hydroxyl groups is 1. The molecule has 0 radical (unpaired) electrons. The van der Waals surface area contributed by atoms with Gasteiger partial charge in [-0.25, -0.2) is 0 Å². The molecule has 2 aromatic heterocycles. The lowest BCUT2D eigenvalue weighted by Crippen LogP contribution is -1.96. The first-order valence-corrected chi connectivity index (χ1v) is 5.92. The van der Waals surface area contributed by atoms with Crippen molar-refractivity contribution in [3.63, 3.8) is 0 Å². The molecule has 0 aliphatic carbocycles. The number of nitrogens with zero attached hydrogens (tertiary/aromatic N) is 3. The van der Waals surface area contributed by atoms with E-state index in [0.29, 0.717) is 12.1 Å². The van der Waals surface area contributed by atoms with Crippen LogP contribution in [-0.2, 0) is 6.42 Å². The number of hydrogen-bond acceptors (Lipinski definition) is 4. The minimum absolute atomic E-state index is 0.131. The summed E-state index contributed by atoms with van der Waals surface area (Å²) in [7, 11) is 1.64. The van der Waals surface area contributed by atoms with Crippen molar-refractivity contribution in [1.29, 1.82) is 0 Å². The molecule has 3 aromatic rings. The van der Waals surface area contributed by atoms with Crippen LogP contribution >= 0.6 is 0 Å².